The highest BCUT2D eigenvalue weighted by atomic mass is 32.2. The molecule has 1 aliphatic carbocycles. The second-order valence-corrected chi connectivity index (χ2v) is 8.28. The van der Waals surface area contributed by atoms with Crippen LogP contribution in [-0.2, 0) is 16.4 Å². The molecular formula is C16H25NO3S. The van der Waals surface area contributed by atoms with Crippen molar-refractivity contribution in [1.82, 2.24) is 5.32 Å². The standard InChI is InChI=1S/C16H25NO3S/c1-12-6-4-7-13(11-17-2)16(12)20-14-8-5-9-15(10-14)21(3,18)19/h4,6-7,14-15,17H,5,8-11H2,1-3H3. The summed E-state index contributed by atoms with van der Waals surface area (Å²) >= 11 is 0. The number of para-hydroxylation sites is 1. The third-order valence-electron chi connectivity index (χ3n) is 4.13. The van der Waals surface area contributed by atoms with Crippen LogP contribution in [0.5, 0.6) is 5.75 Å². The highest BCUT2D eigenvalue weighted by molar-refractivity contribution is 7.91. The number of nitrogens with one attached hydrogen (secondary N) is 1. The third-order valence-corrected chi connectivity index (χ3v) is 5.77. The monoisotopic (exact) mass is 311 g/mol. The smallest absolute Gasteiger partial charge is 0.150 e. The Balaban J connectivity index is 2.14. The van der Waals surface area contributed by atoms with Gasteiger partial charge in [-0.3, -0.25) is 0 Å². The van der Waals surface area contributed by atoms with Crippen molar-refractivity contribution >= 4 is 9.84 Å². The van der Waals surface area contributed by atoms with Crippen LogP contribution in [0.2, 0.25) is 0 Å². The van der Waals surface area contributed by atoms with Crippen LogP contribution in [0.4, 0.5) is 0 Å². The number of sulfone groups is 1. The molecule has 4 nitrogen and oxygen atoms in total. The Morgan fingerprint density at radius 2 is 2.10 bits per heavy atom. The highest BCUT2D eigenvalue weighted by Crippen LogP contribution is 2.31. The van der Waals surface area contributed by atoms with Crippen molar-refractivity contribution in [2.45, 2.75) is 50.5 Å². The lowest BCUT2D eigenvalue weighted by Crippen LogP contribution is -2.33. The van der Waals surface area contributed by atoms with Crippen LogP contribution in [0.1, 0.15) is 36.8 Å². The van der Waals surface area contributed by atoms with Gasteiger partial charge in [0.25, 0.3) is 0 Å². The van der Waals surface area contributed by atoms with E-state index in [9.17, 15) is 8.42 Å². The van der Waals surface area contributed by atoms with Gasteiger partial charge in [-0.25, -0.2) is 8.42 Å². The lowest BCUT2D eigenvalue weighted by molar-refractivity contribution is 0.153. The molecule has 1 fully saturated rings. The van der Waals surface area contributed by atoms with Gasteiger partial charge in [0.15, 0.2) is 0 Å². The summed E-state index contributed by atoms with van der Waals surface area (Å²) in [6.45, 7) is 2.78. The molecule has 2 unspecified atom stereocenters. The van der Waals surface area contributed by atoms with Crippen molar-refractivity contribution in [3.63, 3.8) is 0 Å². The summed E-state index contributed by atoms with van der Waals surface area (Å²) in [7, 11) is -1.06. The van der Waals surface area contributed by atoms with Gasteiger partial charge in [-0.05, 0) is 38.8 Å². The number of benzene rings is 1. The molecule has 1 saturated carbocycles. The van der Waals surface area contributed by atoms with Gasteiger partial charge in [0.2, 0.25) is 0 Å². The Bertz CT molecular complexity index is 583. The van der Waals surface area contributed by atoms with Gasteiger partial charge in [0.1, 0.15) is 15.6 Å². The molecule has 2 atom stereocenters. The van der Waals surface area contributed by atoms with E-state index in [0.29, 0.717) is 6.42 Å². The first-order valence-electron chi connectivity index (χ1n) is 7.50. The maximum atomic E-state index is 11.8. The summed E-state index contributed by atoms with van der Waals surface area (Å²) in [5.41, 5.74) is 2.23. The van der Waals surface area contributed by atoms with E-state index in [4.69, 9.17) is 4.74 Å². The minimum atomic E-state index is -2.97. The SMILES string of the molecule is CNCc1cccc(C)c1OC1CCCC(S(C)(=O)=O)C1. The van der Waals surface area contributed by atoms with E-state index in [1.165, 1.54) is 6.26 Å². The van der Waals surface area contributed by atoms with Crippen molar-refractivity contribution < 1.29 is 13.2 Å². The van der Waals surface area contributed by atoms with Crippen molar-refractivity contribution in [1.29, 1.82) is 0 Å². The third kappa shape index (κ3) is 4.20. The molecule has 0 aromatic heterocycles. The number of rotatable bonds is 5. The average Bonchev–Trinajstić information content (AvgIpc) is 2.42. The molecule has 118 valence electrons. The van der Waals surface area contributed by atoms with E-state index >= 15 is 0 Å². The maximum Gasteiger partial charge on any atom is 0.150 e. The molecule has 1 aliphatic rings. The van der Waals surface area contributed by atoms with Crippen LogP contribution >= 0.6 is 0 Å². The van der Waals surface area contributed by atoms with Gasteiger partial charge in [-0.1, -0.05) is 18.2 Å². The van der Waals surface area contributed by atoms with Gasteiger partial charge in [0, 0.05) is 24.8 Å². The van der Waals surface area contributed by atoms with Crippen molar-refractivity contribution in [3.05, 3.63) is 29.3 Å². The Morgan fingerprint density at radius 1 is 1.33 bits per heavy atom. The second kappa shape index (κ2) is 6.79. The summed E-state index contributed by atoms with van der Waals surface area (Å²) in [4.78, 5) is 0. The molecule has 0 heterocycles. The number of aryl methyl sites for hydroxylation is 1. The second-order valence-electron chi connectivity index (χ2n) is 5.95. The zero-order chi connectivity index (χ0) is 15.5. The minimum absolute atomic E-state index is 0.00446. The Labute approximate surface area is 127 Å². The van der Waals surface area contributed by atoms with E-state index in [1.54, 1.807) is 0 Å². The summed E-state index contributed by atoms with van der Waals surface area (Å²) in [6, 6.07) is 6.11. The van der Waals surface area contributed by atoms with Gasteiger partial charge < -0.3 is 10.1 Å². The fourth-order valence-electron chi connectivity index (χ4n) is 2.98. The lowest BCUT2D eigenvalue weighted by atomic mass is 9.97. The van der Waals surface area contributed by atoms with Crippen LogP contribution in [0.15, 0.2) is 18.2 Å². The zero-order valence-electron chi connectivity index (χ0n) is 13.1. The van der Waals surface area contributed by atoms with E-state index < -0.39 is 9.84 Å². The molecule has 1 N–H and O–H groups in total. The number of hydrogen-bond acceptors (Lipinski definition) is 4. The van der Waals surface area contributed by atoms with Crippen LogP contribution in [0.3, 0.4) is 0 Å². The molecule has 21 heavy (non-hydrogen) atoms. The van der Waals surface area contributed by atoms with Gasteiger partial charge in [0.05, 0.1) is 11.4 Å². The highest BCUT2D eigenvalue weighted by Gasteiger charge is 2.30. The molecular weight excluding hydrogens is 286 g/mol. The predicted molar refractivity (Wildman–Crippen MR) is 85.5 cm³/mol. The molecule has 1 aromatic rings. The molecule has 2 rings (SSSR count). The number of hydrogen-bond donors (Lipinski definition) is 1. The van der Waals surface area contributed by atoms with Gasteiger partial charge in [-0.15, -0.1) is 0 Å². The maximum absolute atomic E-state index is 11.8. The van der Waals surface area contributed by atoms with E-state index in [0.717, 1.165) is 42.7 Å². The average molecular weight is 311 g/mol. The van der Waals surface area contributed by atoms with Crippen LogP contribution in [-0.4, -0.2) is 33.1 Å². The summed E-state index contributed by atoms with van der Waals surface area (Å²) in [5.74, 6) is 0.908. The number of ether oxygens (including phenoxy) is 1. The molecule has 1 aromatic carbocycles. The molecule has 0 aliphatic heterocycles. The molecule has 0 bridgehead atoms. The minimum Gasteiger partial charge on any atom is -0.490 e. The Morgan fingerprint density at radius 3 is 2.76 bits per heavy atom. The van der Waals surface area contributed by atoms with E-state index in [1.807, 2.05) is 26.1 Å². The predicted octanol–water partition coefficient (Wildman–Crippen LogP) is 2.45. The first-order chi connectivity index (χ1) is 9.91. The zero-order valence-corrected chi connectivity index (χ0v) is 13.9. The molecule has 0 saturated heterocycles. The quantitative estimate of drug-likeness (QED) is 0.907. The molecule has 5 heteroatoms. The molecule has 0 spiro atoms. The lowest BCUT2D eigenvalue weighted by Gasteiger charge is -2.29. The largest absolute Gasteiger partial charge is 0.490 e. The topological polar surface area (TPSA) is 55.4 Å². The Kier molecular flexibility index (Phi) is 5.27. The van der Waals surface area contributed by atoms with Crippen molar-refractivity contribution in [2.24, 2.45) is 0 Å². The van der Waals surface area contributed by atoms with Crippen LogP contribution < -0.4 is 10.1 Å². The van der Waals surface area contributed by atoms with Crippen molar-refractivity contribution in [3.8, 4) is 5.75 Å². The van der Waals surface area contributed by atoms with Gasteiger partial charge >= 0.3 is 0 Å². The first-order valence-corrected chi connectivity index (χ1v) is 9.46. The van der Waals surface area contributed by atoms with E-state index in [-0.39, 0.29) is 11.4 Å². The van der Waals surface area contributed by atoms with Crippen LogP contribution in [0, 0.1) is 6.92 Å². The summed E-state index contributed by atoms with van der Waals surface area (Å²) < 4.78 is 29.7. The van der Waals surface area contributed by atoms with E-state index in [2.05, 4.69) is 11.4 Å². The molecule has 0 amide bonds. The summed E-state index contributed by atoms with van der Waals surface area (Å²) in [6.07, 6.45) is 4.53. The fourth-order valence-corrected chi connectivity index (χ4v) is 4.14. The first kappa shape index (κ1) is 16.3. The fraction of sp³-hybridized carbons (Fsp3) is 0.625. The van der Waals surface area contributed by atoms with Crippen molar-refractivity contribution in [2.75, 3.05) is 13.3 Å². The van der Waals surface area contributed by atoms with Crippen LogP contribution in [0.25, 0.3) is 0 Å². The Hall–Kier alpha value is -1.07. The van der Waals surface area contributed by atoms with Gasteiger partial charge in [-0.2, -0.15) is 0 Å². The summed E-state index contributed by atoms with van der Waals surface area (Å²) in [5, 5.41) is 2.89. The normalized spacial score (nSPS) is 23.0. The molecule has 0 radical (unpaired) electrons.